The lowest BCUT2D eigenvalue weighted by Gasteiger charge is -2.09. The molecule has 2 N–H and O–H groups in total. The number of fused-ring (bicyclic) bond motifs is 1. The van der Waals surface area contributed by atoms with Crippen molar-refractivity contribution >= 4 is 22.9 Å². The van der Waals surface area contributed by atoms with E-state index in [2.05, 4.69) is 21.4 Å². The Kier molecular flexibility index (Phi) is 4.72. The van der Waals surface area contributed by atoms with Crippen LogP contribution in [0.1, 0.15) is 21.5 Å². The topological polar surface area (TPSA) is 90.8 Å². The average molecular weight is 368 g/mol. The van der Waals surface area contributed by atoms with Gasteiger partial charge in [-0.15, -0.1) is 0 Å². The number of benzene rings is 3. The van der Waals surface area contributed by atoms with Crippen molar-refractivity contribution < 1.29 is 9.53 Å². The van der Waals surface area contributed by atoms with E-state index >= 15 is 0 Å². The van der Waals surface area contributed by atoms with E-state index in [9.17, 15) is 4.79 Å². The molecule has 3 aromatic carbocycles. The summed E-state index contributed by atoms with van der Waals surface area (Å²) in [5.74, 6) is 0.646. The third kappa shape index (κ3) is 3.69. The lowest BCUT2D eigenvalue weighted by atomic mass is 10.1. The SMILES string of the molecule is N#Cc1ccccc1COc1cccc(C(=O)Nc2nc3ccccc3[nH]2)c1. The minimum atomic E-state index is -0.290. The van der Waals surface area contributed by atoms with Crippen LogP contribution in [0.2, 0.25) is 0 Å². The first-order valence-corrected chi connectivity index (χ1v) is 8.70. The highest BCUT2D eigenvalue weighted by Crippen LogP contribution is 2.18. The normalized spacial score (nSPS) is 10.4. The Labute approximate surface area is 161 Å². The fourth-order valence-electron chi connectivity index (χ4n) is 2.84. The van der Waals surface area contributed by atoms with Gasteiger partial charge in [0.25, 0.3) is 5.91 Å². The molecule has 0 aliphatic rings. The molecule has 0 radical (unpaired) electrons. The number of aromatic nitrogens is 2. The van der Waals surface area contributed by atoms with Crippen molar-refractivity contribution in [2.24, 2.45) is 0 Å². The van der Waals surface area contributed by atoms with E-state index in [1.54, 1.807) is 30.3 Å². The van der Waals surface area contributed by atoms with E-state index in [0.29, 0.717) is 22.8 Å². The molecule has 0 saturated heterocycles. The molecule has 0 spiro atoms. The molecule has 1 heterocycles. The fraction of sp³-hybridized carbons (Fsp3) is 0.0455. The van der Waals surface area contributed by atoms with Crippen molar-refractivity contribution in [1.29, 1.82) is 5.26 Å². The van der Waals surface area contributed by atoms with E-state index in [4.69, 9.17) is 10.00 Å². The molecule has 1 amide bonds. The maximum atomic E-state index is 12.5. The minimum absolute atomic E-state index is 0.248. The maximum absolute atomic E-state index is 12.5. The van der Waals surface area contributed by atoms with Crippen LogP contribution in [0.15, 0.2) is 72.8 Å². The van der Waals surface area contributed by atoms with Crippen LogP contribution in [-0.2, 0) is 6.61 Å². The van der Waals surface area contributed by atoms with Gasteiger partial charge in [0.15, 0.2) is 0 Å². The first-order chi connectivity index (χ1) is 13.7. The van der Waals surface area contributed by atoms with Crippen molar-refractivity contribution in [2.45, 2.75) is 6.61 Å². The van der Waals surface area contributed by atoms with Crippen LogP contribution in [0.5, 0.6) is 5.75 Å². The molecule has 1 aromatic heterocycles. The number of carbonyl (C=O) groups is 1. The number of nitrogens with zero attached hydrogens (tertiary/aromatic N) is 2. The quantitative estimate of drug-likeness (QED) is 0.550. The van der Waals surface area contributed by atoms with Gasteiger partial charge >= 0.3 is 0 Å². The Morgan fingerprint density at radius 2 is 1.89 bits per heavy atom. The predicted octanol–water partition coefficient (Wildman–Crippen LogP) is 4.27. The van der Waals surface area contributed by atoms with Crippen molar-refractivity contribution in [3.63, 3.8) is 0 Å². The molecule has 0 aliphatic heterocycles. The van der Waals surface area contributed by atoms with E-state index in [1.807, 2.05) is 42.5 Å². The standard InChI is InChI=1S/C22H16N4O2/c23-13-16-6-1-2-7-17(16)14-28-18-9-5-8-15(12-18)21(27)26-22-24-19-10-3-4-11-20(19)25-22/h1-12H,14H2,(H2,24,25,26,27). The Hall–Kier alpha value is -4.11. The lowest BCUT2D eigenvalue weighted by molar-refractivity contribution is 0.102. The Morgan fingerprint density at radius 1 is 1.07 bits per heavy atom. The van der Waals surface area contributed by atoms with E-state index in [0.717, 1.165) is 16.6 Å². The smallest absolute Gasteiger partial charge is 0.258 e. The van der Waals surface area contributed by atoms with Gasteiger partial charge in [0.2, 0.25) is 5.95 Å². The molecule has 136 valence electrons. The summed E-state index contributed by atoms with van der Waals surface area (Å²) in [5.41, 5.74) is 3.45. The number of aromatic amines is 1. The number of H-pyrrole nitrogens is 1. The number of ether oxygens (including phenoxy) is 1. The van der Waals surface area contributed by atoms with E-state index in [1.165, 1.54) is 0 Å². The van der Waals surface area contributed by atoms with E-state index in [-0.39, 0.29) is 12.5 Å². The molecule has 0 aliphatic carbocycles. The number of rotatable bonds is 5. The zero-order valence-electron chi connectivity index (χ0n) is 14.8. The summed E-state index contributed by atoms with van der Waals surface area (Å²) in [4.78, 5) is 20.0. The van der Waals surface area contributed by atoms with Crippen LogP contribution in [-0.4, -0.2) is 15.9 Å². The summed E-state index contributed by atoms with van der Waals surface area (Å²) in [5, 5.41) is 11.9. The van der Waals surface area contributed by atoms with Crippen LogP contribution >= 0.6 is 0 Å². The summed E-state index contributed by atoms with van der Waals surface area (Å²) in [7, 11) is 0. The van der Waals surface area contributed by atoms with Crippen molar-refractivity contribution in [3.8, 4) is 11.8 Å². The third-order valence-electron chi connectivity index (χ3n) is 4.25. The van der Waals surface area contributed by atoms with Gasteiger partial charge in [-0.3, -0.25) is 10.1 Å². The van der Waals surface area contributed by atoms with Crippen LogP contribution < -0.4 is 10.1 Å². The summed E-state index contributed by atoms with van der Waals surface area (Å²) >= 11 is 0. The highest BCUT2D eigenvalue weighted by atomic mass is 16.5. The van der Waals surface area contributed by atoms with Gasteiger partial charge in [-0.1, -0.05) is 36.4 Å². The van der Waals surface area contributed by atoms with Crippen molar-refractivity contribution in [2.75, 3.05) is 5.32 Å². The first kappa shape index (κ1) is 17.3. The van der Waals surface area contributed by atoms with Gasteiger partial charge in [0.1, 0.15) is 12.4 Å². The lowest BCUT2D eigenvalue weighted by Crippen LogP contribution is -2.13. The van der Waals surface area contributed by atoms with Gasteiger partial charge in [0, 0.05) is 11.1 Å². The molecular formula is C22H16N4O2. The molecule has 0 bridgehead atoms. The average Bonchev–Trinajstić information content (AvgIpc) is 3.15. The second kappa shape index (κ2) is 7.64. The molecule has 6 nitrogen and oxygen atoms in total. The predicted molar refractivity (Wildman–Crippen MR) is 106 cm³/mol. The third-order valence-corrected chi connectivity index (χ3v) is 4.25. The number of hydrogen-bond acceptors (Lipinski definition) is 4. The summed E-state index contributed by atoms with van der Waals surface area (Å²) < 4.78 is 5.77. The largest absolute Gasteiger partial charge is 0.489 e. The molecule has 4 aromatic rings. The van der Waals surface area contributed by atoms with Crippen LogP contribution in [0.25, 0.3) is 11.0 Å². The molecule has 0 fully saturated rings. The monoisotopic (exact) mass is 368 g/mol. The minimum Gasteiger partial charge on any atom is -0.489 e. The van der Waals surface area contributed by atoms with Gasteiger partial charge in [-0.2, -0.15) is 5.26 Å². The van der Waals surface area contributed by atoms with Gasteiger partial charge in [-0.25, -0.2) is 4.98 Å². The zero-order valence-corrected chi connectivity index (χ0v) is 14.8. The highest BCUT2D eigenvalue weighted by molar-refractivity contribution is 6.04. The number of nitriles is 1. The van der Waals surface area contributed by atoms with Crippen LogP contribution in [0, 0.1) is 11.3 Å². The summed E-state index contributed by atoms with van der Waals surface area (Å²) in [6.07, 6.45) is 0. The van der Waals surface area contributed by atoms with Gasteiger partial charge in [-0.05, 0) is 36.4 Å². The van der Waals surface area contributed by atoms with Gasteiger partial charge in [0.05, 0.1) is 22.7 Å². The second-order valence-corrected chi connectivity index (χ2v) is 6.14. The molecule has 0 unspecified atom stereocenters. The number of carbonyl (C=O) groups excluding carboxylic acids is 1. The molecule has 4 rings (SSSR count). The van der Waals surface area contributed by atoms with E-state index < -0.39 is 0 Å². The van der Waals surface area contributed by atoms with Crippen LogP contribution in [0.3, 0.4) is 0 Å². The number of hydrogen-bond donors (Lipinski definition) is 2. The number of imidazole rings is 1. The second-order valence-electron chi connectivity index (χ2n) is 6.14. The Morgan fingerprint density at radius 3 is 2.75 bits per heavy atom. The first-order valence-electron chi connectivity index (χ1n) is 8.70. The molecule has 0 atom stereocenters. The van der Waals surface area contributed by atoms with Gasteiger partial charge < -0.3 is 9.72 Å². The van der Waals surface area contributed by atoms with Crippen molar-refractivity contribution in [3.05, 3.63) is 89.5 Å². The number of anilines is 1. The molecule has 28 heavy (non-hydrogen) atoms. The number of nitrogens with one attached hydrogen (secondary N) is 2. The molecule has 0 saturated carbocycles. The highest BCUT2D eigenvalue weighted by Gasteiger charge is 2.10. The maximum Gasteiger partial charge on any atom is 0.258 e. The van der Waals surface area contributed by atoms with Crippen LogP contribution in [0.4, 0.5) is 5.95 Å². The molecular weight excluding hydrogens is 352 g/mol. The molecule has 6 heteroatoms. The zero-order chi connectivity index (χ0) is 19.3. The Balaban J connectivity index is 1.47. The summed E-state index contributed by atoms with van der Waals surface area (Å²) in [6, 6.07) is 23.8. The van der Waals surface area contributed by atoms with Crippen molar-refractivity contribution in [1.82, 2.24) is 9.97 Å². The number of para-hydroxylation sites is 2. The fourth-order valence-corrected chi connectivity index (χ4v) is 2.84. The summed E-state index contributed by atoms with van der Waals surface area (Å²) in [6.45, 7) is 0.248. The number of amides is 1. The Bertz CT molecular complexity index is 1160.